The molecular weight excluding hydrogens is 1240 g/mol. The third-order valence-electron chi connectivity index (χ3n) is 13.1. The van der Waals surface area contributed by atoms with E-state index in [0.717, 1.165) is 19.3 Å². The van der Waals surface area contributed by atoms with E-state index in [1.807, 2.05) is 41.5 Å². The smallest absolute Gasteiger partial charge is 0.407 e. The van der Waals surface area contributed by atoms with Gasteiger partial charge in [0.25, 0.3) is 0 Å². The van der Waals surface area contributed by atoms with Crippen molar-refractivity contribution in [3.05, 3.63) is 121 Å². The Kier molecular flexibility index (Phi) is 30.7. The Balaban J connectivity index is 0.000000302. The average molecular weight is 1330 g/mol. The van der Waals surface area contributed by atoms with Gasteiger partial charge < -0.3 is 83.7 Å². The summed E-state index contributed by atoms with van der Waals surface area (Å²) in [5.74, 6) is -0.995. The number of fused-ring (bicyclic) bond motifs is 3. The molecule has 4 heterocycles. The number of aromatic hydroxyl groups is 2. The molecule has 28 nitrogen and oxygen atoms in total. The zero-order valence-electron chi connectivity index (χ0n) is 54.8. The van der Waals surface area contributed by atoms with Crippen molar-refractivity contribution < 1.29 is 101 Å². The number of aliphatic hydroxyl groups excluding tert-OH is 3. The third-order valence-corrected chi connectivity index (χ3v) is 13.1. The summed E-state index contributed by atoms with van der Waals surface area (Å²) < 4.78 is 41.8. The third kappa shape index (κ3) is 29.6. The van der Waals surface area contributed by atoms with E-state index in [-0.39, 0.29) is 95.7 Å². The fourth-order valence-electron chi connectivity index (χ4n) is 9.09. The van der Waals surface area contributed by atoms with Gasteiger partial charge >= 0.3 is 41.1 Å². The second-order valence-corrected chi connectivity index (χ2v) is 24.9. The van der Waals surface area contributed by atoms with Gasteiger partial charge in [-0.25, -0.2) is 19.2 Å². The fourth-order valence-corrected chi connectivity index (χ4v) is 9.09. The van der Waals surface area contributed by atoms with E-state index >= 15 is 0 Å². The fraction of sp³-hybridized carbons (Fsp3) is 0.493. The van der Waals surface area contributed by atoms with Crippen molar-refractivity contribution in [1.29, 1.82) is 0 Å². The maximum Gasteiger partial charge on any atom is 0.407 e. The molecule has 0 aliphatic carbocycles. The summed E-state index contributed by atoms with van der Waals surface area (Å²) in [4.78, 5) is 123. The van der Waals surface area contributed by atoms with Crippen LogP contribution in [0.3, 0.4) is 0 Å². The van der Waals surface area contributed by atoms with Crippen LogP contribution in [0.1, 0.15) is 137 Å². The lowest BCUT2D eigenvalue weighted by molar-refractivity contribution is -0.242. The number of phenolic OH excluding ortho intramolecular Hbond substituents is 2. The number of rotatable bonds is 24. The lowest BCUT2D eigenvalue weighted by atomic mass is 10.1. The second kappa shape index (κ2) is 37.4. The number of amides is 4. The largest absolute Gasteiger partial charge is 0.508 e. The molecule has 1 aliphatic rings. The minimum Gasteiger partial charge on any atom is -0.508 e. The lowest BCUT2D eigenvalue weighted by Gasteiger charge is -2.34. The quantitative estimate of drug-likeness (QED) is 0.0151. The van der Waals surface area contributed by atoms with Crippen LogP contribution in [-0.4, -0.2) is 142 Å². The van der Waals surface area contributed by atoms with E-state index in [4.69, 9.17) is 46.5 Å². The molecule has 7 rings (SSSR count). The highest BCUT2D eigenvalue weighted by atomic mass is 16.7. The Hall–Kier alpha value is -9.47. The molecule has 518 valence electrons. The summed E-state index contributed by atoms with van der Waals surface area (Å²) in [6.45, 7) is 17.8. The highest BCUT2D eigenvalue weighted by Gasteiger charge is 2.39. The Bertz CT molecular complexity index is 3770. The molecule has 4 unspecified atom stereocenters. The molecule has 3 aromatic heterocycles. The first-order chi connectivity index (χ1) is 44.6. The van der Waals surface area contributed by atoms with E-state index in [2.05, 4.69) is 21.3 Å². The monoisotopic (exact) mass is 1330 g/mol. The predicted molar refractivity (Wildman–Crippen MR) is 342 cm³/mol. The van der Waals surface area contributed by atoms with Crippen molar-refractivity contribution in [2.45, 2.75) is 181 Å². The van der Waals surface area contributed by atoms with Crippen LogP contribution in [0, 0.1) is 0 Å². The molecule has 4 amide bonds. The van der Waals surface area contributed by atoms with Gasteiger partial charge in [0.05, 0.1) is 25.9 Å². The first-order valence-electron chi connectivity index (χ1n) is 30.7. The van der Waals surface area contributed by atoms with Crippen LogP contribution < -0.4 is 42.9 Å². The Morgan fingerprint density at radius 1 is 0.484 bits per heavy atom. The Morgan fingerprint density at radius 2 is 0.853 bits per heavy atom. The van der Waals surface area contributed by atoms with Crippen molar-refractivity contribution >= 4 is 74.8 Å². The van der Waals surface area contributed by atoms with Crippen LogP contribution in [0.15, 0.2) is 100 Å². The van der Waals surface area contributed by atoms with Gasteiger partial charge in [0.2, 0.25) is 24.0 Å². The molecule has 6 aromatic rings. The van der Waals surface area contributed by atoms with Gasteiger partial charge in [0, 0.05) is 91.6 Å². The number of esters is 2. The van der Waals surface area contributed by atoms with Crippen LogP contribution in [0.4, 0.5) is 4.79 Å². The minimum atomic E-state index is -1.47. The van der Waals surface area contributed by atoms with E-state index in [1.54, 1.807) is 45.0 Å². The number of carbonyl (C=O) groups excluding carboxylic acids is 8. The lowest BCUT2D eigenvalue weighted by Crippen LogP contribution is -2.54. The van der Waals surface area contributed by atoms with E-state index in [1.165, 1.54) is 48.5 Å². The summed E-state index contributed by atoms with van der Waals surface area (Å²) >= 11 is 0. The zero-order valence-corrected chi connectivity index (χ0v) is 54.8. The Morgan fingerprint density at radius 3 is 1.25 bits per heavy atom. The van der Waals surface area contributed by atoms with Crippen LogP contribution in [0.2, 0.25) is 0 Å². The number of benzene rings is 3. The zero-order chi connectivity index (χ0) is 70.6. The van der Waals surface area contributed by atoms with Gasteiger partial charge in [0.1, 0.15) is 69.1 Å². The molecule has 28 heteroatoms. The predicted octanol–water partition coefficient (Wildman–Crippen LogP) is 5.72. The number of ether oxygens (including phenoxy) is 5. The summed E-state index contributed by atoms with van der Waals surface area (Å²) in [6.07, 6.45) is 0.0472. The standard InChI is InChI=1S/C26H35NO10.C21H27NO6.C19H24N2O6.CO2/c1-26(2,3)37-21(30)7-5-4-6-10-27-20(29)11-15-12-22(31)36-19-13-16(8-9-17(15)19)35-25-24(33)23(32)18(28)14-34-25;1-21(2,3)28-19(25)7-5-4-6-10-22-18(24)11-14-12-20(26)27-17-13-15(23)8-9-16(14)17;1-19(2,3)27-18(25)21-8-4-7-20-16(23)9-12-10-17(24)26-15-11-13(22)5-6-14(12)15;2-1-3/h8-9,12-13,18,23-25,28,32-33H,4-7,10-11,14H2,1-3H3,(H,27,29);8-9,12-13,23H,4-7,10-11H2,1-3H3,(H,22,24);5-6,10-11,22H,4,7-9H2,1-3H3,(H,20,23)(H,21,25);. The highest BCUT2D eigenvalue weighted by Crippen LogP contribution is 2.28. The van der Waals surface area contributed by atoms with Gasteiger partial charge in [-0.3, -0.25) is 24.0 Å². The molecule has 1 saturated heterocycles. The van der Waals surface area contributed by atoms with E-state index in [9.17, 15) is 68.7 Å². The van der Waals surface area contributed by atoms with Crippen molar-refractivity contribution in [2.24, 2.45) is 0 Å². The number of phenols is 2. The topological polar surface area (TPSA) is 423 Å². The molecule has 1 aliphatic heterocycles. The SMILES string of the molecule is CC(C)(C)OC(=O)CCCCCNC(=O)Cc1cc(=O)oc2cc(O)ccc12.CC(C)(C)OC(=O)CCCCCNC(=O)Cc1cc(=O)oc2cc(OC3OCC(O)C(O)C3O)ccc12.CC(C)(C)OC(=O)NCCCNC(=O)Cc1cc(=O)oc2cc(O)ccc12.O=C=O. The average Bonchev–Trinajstić information content (AvgIpc) is 0.825. The van der Waals surface area contributed by atoms with E-state index < -0.39 is 64.4 Å². The van der Waals surface area contributed by atoms with Crippen LogP contribution in [0.25, 0.3) is 32.9 Å². The Labute approximate surface area is 546 Å². The van der Waals surface area contributed by atoms with Crippen molar-refractivity contribution in [1.82, 2.24) is 21.3 Å². The van der Waals surface area contributed by atoms with Gasteiger partial charge in [-0.2, -0.15) is 9.59 Å². The normalized spacial score (nSPS) is 15.2. The highest BCUT2D eigenvalue weighted by molar-refractivity contribution is 5.90. The molecule has 0 saturated carbocycles. The van der Waals surface area contributed by atoms with Crippen molar-refractivity contribution in [2.75, 3.05) is 32.8 Å². The second-order valence-electron chi connectivity index (χ2n) is 24.9. The molecular formula is C67H86N4O24. The molecule has 9 N–H and O–H groups in total. The first kappa shape index (κ1) is 78.0. The van der Waals surface area contributed by atoms with Crippen molar-refractivity contribution in [3.63, 3.8) is 0 Å². The summed E-state index contributed by atoms with van der Waals surface area (Å²) in [5, 5.41) is 61.1. The molecule has 4 atom stereocenters. The van der Waals surface area contributed by atoms with Crippen molar-refractivity contribution in [3.8, 4) is 17.2 Å². The maximum atomic E-state index is 12.5. The number of unbranched alkanes of at least 4 members (excludes halogenated alkanes) is 4. The van der Waals surface area contributed by atoms with Crippen LogP contribution in [0.5, 0.6) is 17.2 Å². The van der Waals surface area contributed by atoms with Gasteiger partial charge in [0.15, 0.2) is 0 Å². The first-order valence-corrected chi connectivity index (χ1v) is 30.7. The van der Waals surface area contributed by atoms with Crippen LogP contribution >= 0.6 is 0 Å². The number of nitrogens with one attached hydrogen (secondary N) is 4. The number of alkyl carbamates (subject to hydrolysis) is 1. The van der Waals surface area contributed by atoms with E-state index in [0.29, 0.717) is 97.6 Å². The summed E-state index contributed by atoms with van der Waals surface area (Å²) in [6, 6.07) is 17.3. The molecule has 95 heavy (non-hydrogen) atoms. The van der Waals surface area contributed by atoms with Gasteiger partial charge in [-0.1, -0.05) is 12.8 Å². The molecule has 0 spiro atoms. The molecule has 3 aromatic carbocycles. The van der Waals surface area contributed by atoms with Crippen LogP contribution in [-0.2, 0) is 71.8 Å². The number of aliphatic hydroxyl groups is 3. The minimum absolute atomic E-state index is 0.00632. The molecule has 1 fully saturated rings. The molecule has 0 radical (unpaired) electrons. The number of hydrogen-bond acceptors (Lipinski definition) is 24. The molecule has 0 bridgehead atoms. The summed E-state index contributed by atoms with van der Waals surface area (Å²) in [5.41, 5.74) is -1.11. The number of carbonyl (C=O) groups is 6. The van der Waals surface area contributed by atoms with Gasteiger partial charge in [-0.15, -0.1) is 0 Å². The van der Waals surface area contributed by atoms with Gasteiger partial charge in [-0.05, 0) is 148 Å². The number of hydrogen-bond donors (Lipinski definition) is 9. The maximum absolute atomic E-state index is 12.5. The summed E-state index contributed by atoms with van der Waals surface area (Å²) in [7, 11) is 0.